The van der Waals surface area contributed by atoms with Crippen molar-refractivity contribution in [1.82, 2.24) is 10.1 Å². The van der Waals surface area contributed by atoms with E-state index in [9.17, 15) is 5.11 Å². The molecule has 1 aliphatic carbocycles. The Labute approximate surface area is 112 Å². The Bertz CT molecular complexity index is 571. The minimum Gasteiger partial charge on any atom is -0.507 e. The number of hydrogen-bond donors (Lipinski definition) is 1. The number of phenolic OH excluding ortho intramolecular Hbond substituents is 1. The van der Waals surface area contributed by atoms with Gasteiger partial charge in [0.15, 0.2) is 5.82 Å². The summed E-state index contributed by atoms with van der Waals surface area (Å²) in [5.74, 6) is 1.31. The fraction of sp³-hybridized carbons (Fsp3) is 0.467. The molecule has 2 aromatic rings. The highest BCUT2D eigenvalue weighted by atomic mass is 16.5. The molecule has 1 heterocycles. The maximum Gasteiger partial charge on any atom is 0.261 e. The average Bonchev–Trinajstić information content (AvgIpc) is 3.00. The number of hydrogen-bond acceptors (Lipinski definition) is 4. The molecular formula is C15H18N2O2. The summed E-state index contributed by atoms with van der Waals surface area (Å²) in [5.41, 5.74) is 0.901. The molecule has 19 heavy (non-hydrogen) atoms. The third kappa shape index (κ3) is 2.48. The summed E-state index contributed by atoms with van der Waals surface area (Å²) in [6, 6.07) is 7.02. The Morgan fingerprint density at radius 2 is 2.00 bits per heavy atom. The normalized spacial score (nSPS) is 17.7. The number of nitrogens with zero attached hydrogens (tertiary/aromatic N) is 2. The van der Waals surface area contributed by atoms with Crippen molar-refractivity contribution in [2.45, 2.75) is 39.0 Å². The Morgan fingerprint density at radius 3 is 2.74 bits per heavy atom. The first kappa shape index (κ1) is 12.2. The topological polar surface area (TPSA) is 59.2 Å². The van der Waals surface area contributed by atoms with Gasteiger partial charge in [0.25, 0.3) is 5.89 Å². The van der Waals surface area contributed by atoms with Crippen molar-refractivity contribution in [3.05, 3.63) is 30.1 Å². The third-order valence-electron chi connectivity index (χ3n) is 4.00. The van der Waals surface area contributed by atoms with E-state index in [2.05, 4.69) is 17.1 Å². The van der Waals surface area contributed by atoms with Gasteiger partial charge in [0.2, 0.25) is 0 Å². The first-order chi connectivity index (χ1) is 9.16. The second-order valence-electron chi connectivity index (χ2n) is 5.73. The van der Waals surface area contributed by atoms with Gasteiger partial charge in [-0.1, -0.05) is 37.1 Å². The average molecular weight is 258 g/mol. The smallest absolute Gasteiger partial charge is 0.261 e. The van der Waals surface area contributed by atoms with Crippen LogP contribution in [0.2, 0.25) is 0 Å². The summed E-state index contributed by atoms with van der Waals surface area (Å²) in [6.45, 7) is 2.29. The first-order valence-corrected chi connectivity index (χ1v) is 6.77. The number of rotatable bonds is 3. The fourth-order valence-corrected chi connectivity index (χ4v) is 2.88. The minimum atomic E-state index is 0.171. The van der Waals surface area contributed by atoms with Gasteiger partial charge in [0, 0.05) is 6.42 Å². The second-order valence-corrected chi connectivity index (χ2v) is 5.73. The maximum absolute atomic E-state index is 9.78. The Hall–Kier alpha value is -1.84. The van der Waals surface area contributed by atoms with Crippen LogP contribution in [0.5, 0.6) is 5.75 Å². The van der Waals surface area contributed by atoms with E-state index in [1.807, 2.05) is 6.07 Å². The molecule has 0 aliphatic heterocycles. The van der Waals surface area contributed by atoms with Crippen LogP contribution in [-0.4, -0.2) is 15.2 Å². The van der Waals surface area contributed by atoms with Crippen molar-refractivity contribution in [3.63, 3.8) is 0 Å². The van der Waals surface area contributed by atoms with Gasteiger partial charge in [-0.2, -0.15) is 4.98 Å². The molecule has 4 heteroatoms. The molecule has 1 aromatic heterocycles. The molecule has 0 unspecified atom stereocenters. The lowest BCUT2D eigenvalue weighted by Gasteiger charge is -2.20. The van der Waals surface area contributed by atoms with Crippen LogP contribution in [0.1, 0.15) is 38.4 Å². The van der Waals surface area contributed by atoms with E-state index >= 15 is 0 Å². The van der Waals surface area contributed by atoms with E-state index in [0.717, 1.165) is 12.2 Å². The van der Waals surface area contributed by atoms with E-state index in [0.29, 0.717) is 16.9 Å². The van der Waals surface area contributed by atoms with E-state index < -0.39 is 0 Å². The van der Waals surface area contributed by atoms with Crippen LogP contribution in [-0.2, 0) is 6.42 Å². The lowest BCUT2D eigenvalue weighted by molar-refractivity contribution is 0.318. The highest BCUT2D eigenvalue weighted by molar-refractivity contribution is 5.61. The zero-order chi connectivity index (χ0) is 13.3. The molecule has 4 nitrogen and oxygen atoms in total. The second kappa shape index (κ2) is 4.68. The zero-order valence-corrected chi connectivity index (χ0v) is 11.1. The van der Waals surface area contributed by atoms with Gasteiger partial charge < -0.3 is 9.63 Å². The Kier molecular flexibility index (Phi) is 3.01. The van der Waals surface area contributed by atoms with Crippen LogP contribution in [0, 0.1) is 5.41 Å². The fourth-order valence-electron chi connectivity index (χ4n) is 2.88. The number of phenols is 1. The molecule has 1 aliphatic rings. The molecule has 1 fully saturated rings. The molecule has 0 amide bonds. The van der Waals surface area contributed by atoms with Crippen molar-refractivity contribution in [3.8, 4) is 17.2 Å². The van der Waals surface area contributed by atoms with Gasteiger partial charge in [-0.05, 0) is 30.4 Å². The molecule has 0 radical (unpaired) electrons. The van der Waals surface area contributed by atoms with Gasteiger partial charge >= 0.3 is 0 Å². The van der Waals surface area contributed by atoms with Crippen LogP contribution in [0.4, 0.5) is 0 Å². The number of benzene rings is 1. The predicted octanol–water partition coefficient (Wildman–Crippen LogP) is 3.57. The van der Waals surface area contributed by atoms with Crippen molar-refractivity contribution in [2.75, 3.05) is 0 Å². The summed E-state index contributed by atoms with van der Waals surface area (Å²) >= 11 is 0. The van der Waals surface area contributed by atoms with Gasteiger partial charge in [0.1, 0.15) is 5.75 Å². The van der Waals surface area contributed by atoms with Crippen LogP contribution >= 0.6 is 0 Å². The molecule has 1 aromatic carbocycles. The lowest BCUT2D eigenvalue weighted by atomic mass is 9.85. The molecule has 0 atom stereocenters. The van der Waals surface area contributed by atoms with Gasteiger partial charge in [-0.25, -0.2) is 0 Å². The van der Waals surface area contributed by atoms with Gasteiger partial charge in [-0.3, -0.25) is 0 Å². The molecular weight excluding hydrogens is 240 g/mol. The third-order valence-corrected chi connectivity index (χ3v) is 4.00. The van der Waals surface area contributed by atoms with Crippen molar-refractivity contribution in [1.29, 1.82) is 0 Å². The lowest BCUT2D eigenvalue weighted by Crippen LogP contribution is -2.15. The van der Waals surface area contributed by atoms with Crippen molar-refractivity contribution < 1.29 is 9.63 Å². The molecule has 0 saturated heterocycles. The van der Waals surface area contributed by atoms with Crippen LogP contribution < -0.4 is 0 Å². The summed E-state index contributed by atoms with van der Waals surface area (Å²) in [7, 11) is 0. The SMILES string of the molecule is CC1(Cc2noc(-c3ccccc3O)n2)CCCC1. The van der Waals surface area contributed by atoms with E-state index in [1.165, 1.54) is 25.7 Å². The molecule has 1 N–H and O–H groups in total. The van der Waals surface area contributed by atoms with Gasteiger partial charge in [-0.15, -0.1) is 0 Å². The Balaban J connectivity index is 1.82. The summed E-state index contributed by atoms with van der Waals surface area (Å²) in [4.78, 5) is 4.41. The molecule has 1 saturated carbocycles. The summed E-state index contributed by atoms with van der Waals surface area (Å²) in [5, 5.41) is 13.8. The predicted molar refractivity (Wildman–Crippen MR) is 71.7 cm³/mol. The zero-order valence-electron chi connectivity index (χ0n) is 11.1. The largest absolute Gasteiger partial charge is 0.507 e. The van der Waals surface area contributed by atoms with Crippen LogP contribution in [0.15, 0.2) is 28.8 Å². The van der Waals surface area contributed by atoms with E-state index in [1.54, 1.807) is 18.2 Å². The molecule has 0 bridgehead atoms. The van der Waals surface area contributed by atoms with Crippen molar-refractivity contribution >= 4 is 0 Å². The monoisotopic (exact) mass is 258 g/mol. The minimum absolute atomic E-state index is 0.171. The van der Waals surface area contributed by atoms with Gasteiger partial charge in [0.05, 0.1) is 5.56 Å². The maximum atomic E-state index is 9.78. The van der Waals surface area contributed by atoms with E-state index in [4.69, 9.17) is 4.52 Å². The number of aromatic nitrogens is 2. The Morgan fingerprint density at radius 1 is 1.26 bits per heavy atom. The standard InChI is InChI=1S/C15H18N2O2/c1-15(8-4-5-9-15)10-13-16-14(19-17-13)11-6-2-3-7-12(11)18/h2-3,6-7,18H,4-5,8-10H2,1H3. The quantitative estimate of drug-likeness (QED) is 0.914. The number of aromatic hydroxyl groups is 1. The summed E-state index contributed by atoms with van der Waals surface area (Å²) < 4.78 is 5.27. The van der Waals surface area contributed by atoms with E-state index in [-0.39, 0.29) is 5.75 Å². The summed E-state index contributed by atoms with van der Waals surface area (Å²) in [6.07, 6.45) is 5.90. The molecule has 3 rings (SSSR count). The first-order valence-electron chi connectivity index (χ1n) is 6.77. The number of para-hydroxylation sites is 1. The molecule has 100 valence electrons. The van der Waals surface area contributed by atoms with Crippen molar-refractivity contribution in [2.24, 2.45) is 5.41 Å². The van der Waals surface area contributed by atoms with Crippen LogP contribution in [0.3, 0.4) is 0 Å². The highest BCUT2D eigenvalue weighted by Gasteiger charge is 2.30. The highest BCUT2D eigenvalue weighted by Crippen LogP contribution is 2.40. The molecule has 0 spiro atoms. The van der Waals surface area contributed by atoms with Crippen LogP contribution in [0.25, 0.3) is 11.5 Å².